The van der Waals surface area contributed by atoms with Crippen molar-refractivity contribution in [2.24, 2.45) is 0 Å². The highest BCUT2D eigenvalue weighted by molar-refractivity contribution is 8.17. The van der Waals surface area contributed by atoms with Gasteiger partial charge in [0.15, 0.2) is 0 Å². The fourth-order valence-corrected chi connectivity index (χ4v) is 2.36. The van der Waals surface area contributed by atoms with Crippen LogP contribution in [0.15, 0.2) is 0 Å². The zero-order valence-corrected chi connectivity index (χ0v) is 7.15. The van der Waals surface area contributed by atoms with E-state index >= 15 is 0 Å². The monoisotopic (exact) mass is 149 g/mol. The molecule has 0 aliphatic rings. The molecule has 0 unspecified atom stereocenters. The predicted molar refractivity (Wildman–Crippen MR) is 45.4 cm³/mol. The fourth-order valence-electron chi connectivity index (χ4n) is 0.420. The Morgan fingerprint density at radius 3 is 1.88 bits per heavy atom. The van der Waals surface area contributed by atoms with E-state index in [-0.39, 0.29) is 0 Å². The van der Waals surface area contributed by atoms with Crippen molar-refractivity contribution >= 4 is 23.5 Å². The molecule has 0 aliphatic carbocycles. The number of hydrogen-bond donors (Lipinski definition) is 0. The molecule has 0 saturated heterocycles. The number of rotatable bonds is 4. The molecule has 0 aromatic heterocycles. The molecule has 0 bridgehead atoms. The largest absolute Gasteiger partial charge is 0.148 e. The summed E-state index contributed by atoms with van der Waals surface area (Å²) in [5.74, 6) is 2.36. The summed E-state index contributed by atoms with van der Waals surface area (Å²) in [4.78, 5) is 0. The molecule has 0 nitrogen and oxygen atoms in total. The Kier molecular flexibility index (Phi) is 6.34. The minimum atomic E-state index is 0.546. The number of hydrogen-bond acceptors (Lipinski definition) is 2. The molecule has 8 heavy (non-hydrogen) atoms. The highest BCUT2D eigenvalue weighted by Crippen LogP contribution is 2.21. The first-order chi connectivity index (χ1) is 3.81. The van der Waals surface area contributed by atoms with E-state index in [0.29, 0.717) is 4.58 Å². The van der Waals surface area contributed by atoms with Gasteiger partial charge in [0.1, 0.15) is 0 Å². The number of thioether (sulfide) groups is 2. The first kappa shape index (κ1) is 8.70. The van der Waals surface area contributed by atoms with Crippen LogP contribution in [0.1, 0.15) is 13.8 Å². The van der Waals surface area contributed by atoms with Crippen LogP contribution in [-0.4, -0.2) is 16.1 Å². The summed E-state index contributed by atoms with van der Waals surface area (Å²) < 4.78 is 0.546. The van der Waals surface area contributed by atoms with Crippen molar-refractivity contribution < 1.29 is 0 Å². The third-order valence-corrected chi connectivity index (χ3v) is 2.93. The minimum absolute atomic E-state index is 0.546. The van der Waals surface area contributed by atoms with E-state index in [1.54, 1.807) is 0 Å². The standard InChI is InChI=1S/C6H13S2/c1-4-7-6(3)8-5-2/h6H,3-5H2,1-2H3. The van der Waals surface area contributed by atoms with Gasteiger partial charge >= 0.3 is 0 Å². The zero-order chi connectivity index (χ0) is 6.41. The molecule has 0 aromatic rings. The quantitative estimate of drug-likeness (QED) is 0.564. The Hall–Kier alpha value is 0.700. The van der Waals surface area contributed by atoms with Crippen LogP contribution in [0.4, 0.5) is 0 Å². The van der Waals surface area contributed by atoms with Crippen molar-refractivity contribution in [2.45, 2.75) is 18.4 Å². The van der Waals surface area contributed by atoms with Gasteiger partial charge in [0.25, 0.3) is 0 Å². The molecule has 0 aromatic carbocycles. The maximum absolute atomic E-state index is 3.94. The van der Waals surface area contributed by atoms with Crippen molar-refractivity contribution in [3.8, 4) is 0 Å². The van der Waals surface area contributed by atoms with Gasteiger partial charge < -0.3 is 0 Å². The van der Waals surface area contributed by atoms with E-state index in [4.69, 9.17) is 0 Å². The van der Waals surface area contributed by atoms with E-state index in [9.17, 15) is 0 Å². The van der Waals surface area contributed by atoms with E-state index in [2.05, 4.69) is 20.8 Å². The molecular formula is C6H13S2. The van der Waals surface area contributed by atoms with Crippen LogP contribution < -0.4 is 0 Å². The molecule has 0 spiro atoms. The van der Waals surface area contributed by atoms with Crippen LogP contribution >= 0.6 is 23.5 Å². The zero-order valence-electron chi connectivity index (χ0n) is 5.52. The Balaban J connectivity index is 2.92. The first-order valence-corrected chi connectivity index (χ1v) is 4.97. The summed E-state index contributed by atoms with van der Waals surface area (Å²) in [5, 5.41) is 0. The molecule has 0 fully saturated rings. The predicted octanol–water partition coefficient (Wildman–Crippen LogP) is 2.65. The normalized spacial score (nSPS) is 10.5. The van der Waals surface area contributed by atoms with Gasteiger partial charge in [0.05, 0.1) is 4.58 Å². The lowest BCUT2D eigenvalue weighted by atomic mass is 10.9. The highest BCUT2D eigenvalue weighted by atomic mass is 32.2. The summed E-state index contributed by atoms with van der Waals surface area (Å²) in [6.45, 7) is 8.27. The Morgan fingerprint density at radius 2 is 1.62 bits per heavy atom. The van der Waals surface area contributed by atoms with Gasteiger partial charge in [-0.15, -0.1) is 23.5 Å². The van der Waals surface area contributed by atoms with Crippen LogP contribution in [0.25, 0.3) is 0 Å². The molecule has 0 atom stereocenters. The summed E-state index contributed by atoms with van der Waals surface area (Å²) in [6, 6.07) is 0. The van der Waals surface area contributed by atoms with Gasteiger partial charge in [0, 0.05) is 0 Å². The molecular weight excluding hydrogens is 136 g/mol. The van der Waals surface area contributed by atoms with Crippen molar-refractivity contribution in [2.75, 3.05) is 11.5 Å². The molecule has 2 heteroatoms. The third-order valence-electron chi connectivity index (χ3n) is 0.705. The summed E-state index contributed by atoms with van der Waals surface area (Å²) in [6.07, 6.45) is 0. The van der Waals surface area contributed by atoms with E-state index in [0.717, 1.165) is 0 Å². The van der Waals surface area contributed by atoms with Gasteiger partial charge in [-0.1, -0.05) is 13.8 Å². The Bertz CT molecular complexity index is 39.8. The van der Waals surface area contributed by atoms with Crippen LogP contribution in [0.3, 0.4) is 0 Å². The lowest BCUT2D eigenvalue weighted by molar-refractivity contribution is 1.47. The van der Waals surface area contributed by atoms with E-state index in [1.807, 2.05) is 23.5 Å². The second-order valence-electron chi connectivity index (χ2n) is 1.34. The van der Waals surface area contributed by atoms with Crippen molar-refractivity contribution in [3.05, 3.63) is 6.92 Å². The molecule has 0 N–H and O–H groups in total. The van der Waals surface area contributed by atoms with Gasteiger partial charge in [-0.05, 0) is 18.4 Å². The lowest BCUT2D eigenvalue weighted by Gasteiger charge is -2.05. The van der Waals surface area contributed by atoms with Crippen LogP contribution in [0.5, 0.6) is 0 Å². The van der Waals surface area contributed by atoms with Crippen LogP contribution in [0, 0.1) is 6.92 Å². The van der Waals surface area contributed by atoms with Crippen molar-refractivity contribution in [1.82, 2.24) is 0 Å². The topological polar surface area (TPSA) is 0 Å². The average Bonchev–Trinajstić information content (AvgIpc) is 1.68. The van der Waals surface area contributed by atoms with Crippen molar-refractivity contribution in [1.29, 1.82) is 0 Å². The second kappa shape index (κ2) is 5.83. The summed E-state index contributed by atoms with van der Waals surface area (Å²) in [7, 11) is 0. The maximum Gasteiger partial charge on any atom is 0.0503 e. The van der Waals surface area contributed by atoms with Crippen LogP contribution in [-0.2, 0) is 0 Å². The summed E-state index contributed by atoms with van der Waals surface area (Å²) in [5.41, 5.74) is 0. The Labute approximate surface area is 60.8 Å². The molecule has 49 valence electrons. The highest BCUT2D eigenvalue weighted by Gasteiger charge is 1.96. The average molecular weight is 149 g/mol. The molecule has 0 aliphatic heterocycles. The Morgan fingerprint density at radius 1 is 1.25 bits per heavy atom. The molecule has 0 heterocycles. The summed E-state index contributed by atoms with van der Waals surface area (Å²) >= 11 is 3.82. The lowest BCUT2D eigenvalue weighted by Crippen LogP contribution is -1.89. The third kappa shape index (κ3) is 4.85. The smallest absolute Gasteiger partial charge is 0.0503 e. The minimum Gasteiger partial charge on any atom is -0.148 e. The SMILES string of the molecule is [CH2]C(SCC)SCC. The maximum atomic E-state index is 3.94. The molecule has 0 saturated carbocycles. The molecule has 0 amide bonds. The fraction of sp³-hybridized carbons (Fsp3) is 0.833. The van der Waals surface area contributed by atoms with Gasteiger partial charge in [-0.25, -0.2) is 0 Å². The van der Waals surface area contributed by atoms with E-state index < -0.39 is 0 Å². The second-order valence-corrected chi connectivity index (χ2v) is 4.60. The first-order valence-electron chi connectivity index (χ1n) is 2.87. The van der Waals surface area contributed by atoms with Gasteiger partial charge in [-0.3, -0.25) is 0 Å². The molecule has 0 rings (SSSR count). The molecule has 1 radical (unpaired) electrons. The van der Waals surface area contributed by atoms with Crippen molar-refractivity contribution in [3.63, 3.8) is 0 Å². The van der Waals surface area contributed by atoms with Crippen LogP contribution in [0.2, 0.25) is 0 Å². The van der Waals surface area contributed by atoms with E-state index in [1.165, 1.54) is 11.5 Å². The van der Waals surface area contributed by atoms with Gasteiger partial charge in [0.2, 0.25) is 0 Å². The van der Waals surface area contributed by atoms with Gasteiger partial charge in [-0.2, -0.15) is 0 Å².